The van der Waals surface area contributed by atoms with Gasteiger partial charge < -0.3 is 26.8 Å². The fourth-order valence-corrected chi connectivity index (χ4v) is 0.966. The van der Waals surface area contributed by atoms with Crippen LogP contribution in [0.15, 0.2) is 0 Å². The van der Waals surface area contributed by atoms with Crippen LogP contribution < -0.4 is 21.7 Å². The number of carboxylic acids is 1. The smallest absolute Gasteiger partial charge is 0.327 e. The molecule has 0 saturated carbocycles. The number of rotatable bonds is 7. The Morgan fingerprint density at radius 2 is 1.94 bits per heavy atom. The number of urea groups is 1. The molecule has 0 heterocycles. The maximum absolute atomic E-state index is 10.7. The molecule has 0 saturated heterocycles. The van der Waals surface area contributed by atoms with Crippen LogP contribution in [0.25, 0.3) is 0 Å². The highest BCUT2D eigenvalue weighted by Crippen LogP contribution is 1.82. The van der Waals surface area contributed by atoms with Crippen molar-refractivity contribution in [2.24, 2.45) is 5.73 Å². The molecule has 16 heavy (non-hydrogen) atoms. The fraction of sp³-hybridized carbons (Fsp3) is 0.625. The molecule has 8 heteroatoms. The quantitative estimate of drug-likeness (QED) is 0.319. The molecule has 92 valence electrons. The van der Waals surface area contributed by atoms with Gasteiger partial charge in [0.05, 0.1) is 0 Å². The van der Waals surface area contributed by atoms with E-state index in [2.05, 4.69) is 16.0 Å². The van der Waals surface area contributed by atoms with E-state index in [1.807, 2.05) is 0 Å². The summed E-state index contributed by atoms with van der Waals surface area (Å²) in [6.45, 7) is 1.98. The lowest BCUT2D eigenvalue weighted by Crippen LogP contribution is -2.47. The monoisotopic (exact) mass is 232 g/mol. The van der Waals surface area contributed by atoms with Gasteiger partial charge in [-0.3, -0.25) is 4.79 Å². The van der Waals surface area contributed by atoms with E-state index in [1.165, 1.54) is 6.92 Å². The van der Waals surface area contributed by atoms with Crippen LogP contribution in [0.2, 0.25) is 0 Å². The third kappa shape index (κ3) is 7.56. The molecule has 0 aromatic rings. The number of hydrogen-bond acceptors (Lipinski definition) is 4. The van der Waals surface area contributed by atoms with Crippen molar-refractivity contribution in [3.63, 3.8) is 0 Å². The minimum Gasteiger partial charge on any atom is -0.480 e. The molecule has 0 rings (SSSR count). The molecule has 0 aliphatic heterocycles. The summed E-state index contributed by atoms with van der Waals surface area (Å²) in [6, 6.07) is -1.62. The average molecular weight is 232 g/mol. The molecule has 1 unspecified atom stereocenters. The Hall–Kier alpha value is -1.83. The van der Waals surface area contributed by atoms with Crippen molar-refractivity contribution in [2.75, 3.05) is 19.6 Å². The lowest BCUT2D eigenvalue weighted by atomic mass is 10.3. The summed E-state index contributed by atoms with van der Waals surface area (Å²) in [5, 5.41) is 16.1. The van der Waals surface area contributed by atoms with Gasteiger partial charge >= 0.3 is 12.0 Å². The second-order valence-corrected chi connectivity index (χ2v) is 3.09. The molecule has 0 bridgehead atoms. The van der Waals surface area contributed by atoms with Crippen LogP contribution in [0.3, 0.4) is 0 Å². The van der Waals surface area contributed by atoms with Crippen LogP contribution in [0.1, 0.15) is 6.92 Å². The Bertz CT molecular complexity index is 269. The van der Waals surface area contributed by atoms with Gasteiger partial charge in [-0.15, -0.1) is 0 Å². The lowest BCUT2D eigenvalue weighted by molar-refractivity contribution is -0.141. The largest absolute Gasteiger partial charge is 0.480 e. The maximum Gasteiger partial charge on any atom is 0.327 e. The third-order valence-corrected chi connectivity index (χ3v) is 1.63. The molecular formula is C8H16N4O4. The van der Waals surface area contributed by atoms with Crippen molar-refractivity contribution in [1.29, 1.82) is 0 Å². The number of aliphatic carboxylic acids is 1. The van der Waals surface area contributed by atoms with Crippen molar-refractivity contribution in [3.8, 4) is 0 Å². The number of hydrogen-bond donors (Lipinski definition) is 5. The topological polar surface area (TPSA) is 134 Å². The minimum absolute atomic E-state index is 0.0787. The highest BCUT2D eigenvalue weighted by Gasteiger charge is 2.17. The van der Waals surface area contributed by atoms with Crippen molar-refractivity contribution < 1.29 is 19.5 Å². The van der Waals surface area contributed by atoms with E-state index >= 15 is 0 Å². The average Bonchev–Trinajstić information content (AvgIpc) is 2.14. The van der Waals surface area contributed by atoms with Gasteiger partial charge in [0, 0.05) is 26.6 Å². The number of amides is 3. The highest BCUT2D eigenvalue weighted by atomic mass is 16.4. The second-order valence-electron chi connectivity index (χ2n) is 3.09. The van der Waals surface area contributed by atoms with Crippen LogP contribution in [-0.4, -0.2) is 48.7 Å². The maximum atomic E-state index is 10.7. The van der Waals surface area contributed by atoms with E-state index < -0.39 is 23.9 Å². The summed E-state index contributed by atoms with van der Waals surface area (Å²) < 4.78 is 0. The summed E-state index contributed by atoms with van der Waals surface area (Å²) >= 11 is 0. The SMILES string of the molecule is CC(=O)NC(CNCCNC(N)=O)C(=O)O. The summed E-state index contributed by atoms with van der Waals surface area (Å²) in [5.74, 6) is -1.53. The summed E-state index contributed by atoms with van der Waals surface area (Å²) in [6.07, 6.45) is 0. The number of nitrogens with one attached hydrogen (secondary N) is 3. The number of nitrogens with two attached hydrogens (primary N) is 1. The summed E-state index contributed by atoms with van der Waals surface area (Å²) in [7, 11) is 0. The first kappa shape index (κ1) is 14.2. The highest BCUT2D eigenvalue weighted by molar-refractivity contribution is 5.82. The van der Waals surface area contributed by atoms with Crippen LogP contribution in [0.5, 0.6) is 0 Å². The van der Waals surface area contributed by atoms with Crippen LogP contribution >= 0.6 is 0 Å². The first-order valence-corrected chi connectivity index (χ1v) is 4.67. The minimum atomic E-state index is -1.12. The van der Waals surface area contributed by atoms with Crippen LogP contribution in [0, 0.1) is 0 Å². The molecule has 1 atom stereocenters. The van der Waals surface area contributed by atoms with Crippen LogP contribution in [0.4, 0.5) is 4.79 Å². The lowest BCUT2D eigenvalue weighted by Gasteiger charge is -2.13. The zero-order valence-electron chi connectivity index (χ0n) is 8.95. The van der Waals surface area contributed by atoms with Gasteiger partial charge in [0.15, 0.2) is 0 Å². The van der Waals surface area contributed by atoms with E-state index in [4.69, 9.17) is 10.8 Å². The van der Waals surface area contributed by atoms with E-state index in [-0.39, 0.29) is 6.54 Å². The predicted molar refractivity (Wildman–Crippen MR) is 55.7 cm³/mol. The van der Waals surface area contributed by atoms with E-state index in [1.54, 1.807) is 0 Å². The Balaban J connectivity index is 3.72. The van der Waals surface area contributed by atoms with Crippen molar-refractivity contribution in [3.05, 3.63) is 0 Å². The Kier molecular flexibility index (Phi) is 6.61. The number of carbonyl (C=O) groups is 3. The number of carboxylic acid groups (broad SMARTS) is 1. The van der Waals surface area contributed by atoms with Gasteiger partial charge in [-0.05, 0) is 0 Å². The molecule has 6 N–H and O–H groups in total. The normalized spacial score (nSPS) is 11.6. The molecular weight excluding hydrogens is 216 g/mol. The van der Waals surface area contributed by atoms with Crippen molar-refractivity contribution in [2.45, 2.75) is 13.0 Å². The van der Waals surface area contributed by atoms with E-state index in [9.17, 15) is 14.4 Å². The van der Waals surface area contributed by atoms with Gasteiger partial charge in [-0.1, -0.05) is 0 Å². The van der Waals surface area contributed by atoms with Gasteiger partial charge in [-0.2, -0.15) is 0 Å². The zero-order chi connectivity index (χ0) is 12.6. The van der Waals surface area contributed by atoms with Gasteiger partial charge in [-0.25, -0.2) is 9.59 Å². The third-order valence-electron chi connectivity index (χ3n) is 1.63. The number of carbonyl (C=O) groups excluding carboxylic acids is 2. The first-order valence-electron chi connectivity index (χ1n) is 4.67. The first-order chi connectivity index (χ1) is 7.43. The molecule has 3 amide bonds. The standard InChI is InChI=1S/C8H16N4O4/c1-5(13)12-6(7(14)15)4-10-2-3-11-8(9)16/h6,10H,2-4H2,1H3,(H,12,13)(H,14,15)(H3,9,11,16). The van der Waals surface area contributed by atoms with Crippen molar-refractivity contribution >= 4 is 17.9 Å². The molecule has 0 spiro atoms. The summed E-state index contributed by atoms with van der Waals surface area (Å²) in [5.41, 5.74) is 4.82. The van der Waals surface area contributed by atoms with Gasteiger partial charge in [0.2, 0.25) is 5.91 Å². The Labute approximate surface area is 92.6 Å². The fourth-order valence-electron chi connectivity index (χ4n) is 0.966. The predicted octanol–water partition coefficient (Wildman–Crippen LogP) is -2.17. The van der Waals surface area contributed by atoms with Crippen LogP contribution in [-0.2, 0) is 9.59 Å². The van der Waals surface area contributed by atoms with Gasteiger partial charge in [0.25, 0.3) is 0 Å². The Morgan fingerprint density at radius 3 is 2.38 bits per heavy atom. The van der Waals surface area contributed by atoms with E-state index in [0.717, 1.165) is 0 Å². The molecule has 0 aliphatic rings. The zero-order valence-corrected chi connectivity index (χ0v) is 8.95. The molecule has 0 aromatic carbocycles. The second kappa shape index (κ2) is 7.46. The molecule has 0 aliphatic carbocycles. The molecule has 8 nitrogen and oxygen atoms in total. The van der Waals surface area contributed by atoms with Gasteiger partial charge in [0.1, 0.15) is 6.04 Å². The molecule has 0 fully saturated rings. The molecule has 0 aromatic heterocycles. The van der Waals surface area contributed by atoms with E-state index in [0.29, 0.717) is 13.1 Å². The molecule has 0 radical (unpaired) electrons. The number of primary amides is 1. The summed E-state index contributed by atoms with van der Waals surface area (Å²) in [4.78, 5) is 31.6. The Morgan fingerprint density at radius 1 is 1.31 bits per heavy atom. The van der Waals surface area contributed by atoms with Crippen molar-refractivity contribution in [1.82, 2.24) is 16.0 Å².